The van der Waals surface area contributed by atoms with Crippen molar-refractivity contribution >= 4 is 10.0 Å². The first-order chi connectivity index (χ1) is 8.94. The number of hydrogen-bond acceptors (Lipinski definition) is 3. The molecule has 1 N–H and O–H groups in total. The van der Waals surface area contributed by atoms with Gasteiger partial charge in [-0.25, -0.2) is 13.1 Å². The highest BCUT2D eigenvalue weighted by molar-refractivity contribution is 7.88. The molecule has 4 nitrogen and oxygen atoms in total. The smallest absolute Gasteiger partial charge is 0.212 e. The maximum Gasteiger partial charge on any atom is 0.216 e. The predicted molar refractivity (Wildman–Crippen MR) is 73.8 cm³/mol. The number of sulfonamides is 1. The molecule has 0 aromatic heterocycles. The second-order valence-corrected chi connectivity index (χ2v) is 7.12. The zero-order chi connectivity index (χ0) is 13.9. The molecule has 0 heterocycles. The van der Waals surface area contributed by atoms with E-state index < -0.39 is 10.0 Å². The first-order valence-corrected chi connectivity index (χ1v) is 8.09. The number of nitriles is 1. The highest BCUT2D eigenvalue weighted by atomic mass is 32.2. The zero-order valence-corrected chi connectivity index (χ0v) is 11.8. The van der Waals surface area contributed by atoms with Crippen molar-refractivity contribution < 1.29 is 8.42 Å². The molecular formula is C14H18N2O2S. The van der Waals surface area contributed by atoms with Crippen molar-refractivity contribution in [1.29, 1.82) is 5.26 Å². The largest absolute Gasteiger partial charge is 0.216 e. The SMILES string of the molecule is CC1(NS(=O)(=O)Cc2ccccc2C#N)CCCC1. The summed E-state index contributed by atoms with van der Waals surface area (Å²) in [5.74, 6) is -0.133. The molecule has 102 valence electrons. The quantitative estimate of drug-likeness (QED) is 0.918. The molecule has 5 heteroatoms. The lowest BCUT2D eigenvalue weighted by atomic mass is 10.0. The van der Waals surface area contributed by atoms with E-state index in [2.05, 4.69) is 4.72 Å². The van der Waals surface area contributed by atoms with Crippen LogP contribution in [0.25, 0.3) is 0 Å². The van der Waals surface area contributed by atoms with Crippen molar-refractivity contribution in [3.63, 3.8) is 0 Å². The first-order valence-electron chi connectivity index (χ1n) is 6.44. The minimum Gasteiger partial charge on any atom is -0.212 e. The third-order valence-corrected chi connectivity index (χ3v) is 5.09. The number of nitrogens with zero attached hydrogens (tertiary/aromatic N) is 1. The Morgan fingerprint density at radius 2 is 1.95 bits per heavy atom. The molecule has 1 fully saturated rings. The van der Waals surface area contributed by atoms with Gasteiger partial charge in [-0.3, -0.25) is 0 Å². The third kappa shape index (κ3) is 3.55. The van der Waals surface area contributed by atoms with Gasteiger partial charge in [0.05, 0.1) is 17.4 Å². The summed E-state index contributed by atoms with van der Waals surface area (Å²) in [6, 6.07) is 8.85. The van der Waals surface area contributed by atoms with E-state index in [0.717, 1.165) is 25.7 Å². The monoisotopic (exact) mass is 278 g/mol. The summed E-state index contributed by atoms with van der Waals surface area (Å²) in [5.41, 5.74) is 0.656. The summed E-state index contributed by atoms with van der Waals surface area (Å²) in [5, 5.41) is 8.98. The normalized spacial score (nSPS) is 18.1. The Morgan fingerprint density at radius 1 is 1.32 bits per heavy atom. The summed E-state index contributed by atoms with van der Waals surface area (Å²) in [6.45, 7) is 1.95. The van der Waals surface area contributed by atoms with E-state index in [1.54, 1.807) is 24.3 Å². The molecule has 1 saturated carbocycles. The predicted octanol–water partition coefficient (Wildman–Crippen LogP) is 2.31. The second kappa shape index (κ2) is 5.32. The molecule has 0 unspecified atom stereocenters. The van der Waals surface area contributed by atoms with Gasteiger partial charge in [0.25, 0.3) is 0 Å². The van der Waals surface area contributed by atoms with E-state index in [9.17, 15) is 8.42 Å². The fourth-order valence-corrected chi connectivity index (χ4v) is 4.32. The van der Waals surface area contributed by atoms with Gasteiger partial charge in [-0.05, 0) is 31.4 Å². The Bertz CT molecular complexity index is 596. The van der Waals surface area contributed by atoms with Crippen LogP contribution in [0.1, 0.15) is 43.7 Å². The van der Waals surface area contributed by atoms with Gasteiger partial charge in [-0.15, -0.1) is 0 Å². The van der Waals surface area contributed by atoms with Crippen LogP contribution in [0.5, 0.6) is 0 Å². The minimum absolute atomic E-state index is 0.133. The molecule has 0 bridgehead atoms. The standard InChI is InChI=1S/C14H18N2O2S/c1-14(8-4-5-9-14)16-19(17,18)11-13-7-3-2-6-12(13)10-15/h2-3,6-7,16H,4-5,8-9,11H2,1H3. The zero-order valence-electron chi connectivity index (χ0n) is 11.0. The van der Waals surface area contributed by atoms with Crippen LogP contribution in [0, 0.1) is 11.3 Å². The van der Waals surface area contributed by atoms with Gasteiger partial charge in [0.15, 0.2) is 0 Å². The molecule has 19 heavy (non-hydrogen) atoms. The minimum atomic E-state index is -3.41. The van der Waals surface area contributed by atoms with Gasteiger partial charge in [-0.1, -0.05) is 31.0 Å². The molecule has 1 aromatic rings. The molecule has 0 radical (unpaired) electrons. The lowest BCUT2D eigenvalue weighted by molar-refractivity contribution is 0.427. The molecular weight excluding hydrogens is 260 g/mol. The van der Waals surface area contributed by atoms with Gasteiger partial charge < -0.3 is 0 Å². The van der Waals surface area contributed by atoms with E-state index in [1.165, 1.54) is 0 Å². The molecule has 0 aliphatic heterocycles. The van der Waals surface area contributed by atoms with Crippen molar-refractivity contribution in [1.82, 2.24) is 4.72 Å². The average molecular weight is 278 g/mol. The van der Waals surface area contributed by atoms with E-state index in [1.807, 2.05) is 13.0 Å². The summed E-state index contributed by atoms with van der Waals surface area (Å²) < 4.78 is 27.2. The van der Waals surface area contributed by atoms with Gasteiger partial charge in [0, 0.05) is 5.54 Å². The maximum absolute atomic E-state index is 12.2. The van der Waals surface area contributed by atoms with Crippen molar-refractivity contribution in [2.45, 2.75) is 43.9 Å². The van der Waals surface area contributed by atoms with Crippen LogP contribution < -0.4 is 4.72 Å². The molecule has 1 aliphatic carbocycles. The fraction of sp³-hybridized carbons (Fsp3) is 0.500. The molecule has 2 rings (SSSR count). The van der Waals surface area contributed by atoms with Crippen molar-refractivity contribution in [2.24, 2.45) is 0 Å². The highest BCUT2D eigenvalue weighted by Gasteiger charge is 2.32. The molecule has 0 spiro atoms. The van der Waals surface area contributed by atoms with Gasteiger partial charge in [0.1, 0.15) is 0 Å². The van der Waals surface area contributed by atoms with Gasteiger partial charge in [-0.2, -0.15) is 5.26 Å². The van der Waals surface area contributed by atoms with Gasteiger partial charge >= 0.3 is 0 Å². The second-order valence-electron chi connectivity index (χ2n) is 5.40. The van der Waals surface area contributed by atoms with Crippen LogP contribution in [-0.4, -0.2) is 14.0 Å². The number of rotatable bonds is 4. The summed E-state index contributed by atoms with van der Waals surface area (Å²) in [6.07, 6.45) is 3.89. The van der Waals surface area contributed by atoms with E-state index in [4.69, 9.17) is 5.26 Å². The van der Waals surface area contributed by atoms with E-state index >= 15 is 0 Å². The Hall–Kier alpha value is -1.38. The first kappa shape index (κ1) is 14.0. The average Bonchev–Trinajstić information content (AvgIpc) is 2.74. The van der Waals surface area contributed by atoms with Crippen molar-refractivity contribution in [2.75, 3.05) is 0 Å². The maximum atomic E-state index is 12.2. The van der Waals surface area contributed by atoms with Crippen molar-refractivity contribution in [3.05, 3.63) is 35.4 Å². The number of benzene rings is 1. The highest BCUT2D eigenvalue weighted by Crippen LogP contribution is 2.30. The summed E-state index contributed by atoms with van der Waals surface area (Å²) >= 11 is 0. The summed E-state index contributed by atoms with van der Waals surface area (Å²) in [7, 11) is -3.41. The lowest BCUT2D eigenvalue weighted by Gasteiger charge is -2.25. The Balaban J connectivity index is 2.15. The molecule has 0 atom stereocenters. The molecule has 1 aromatic carbocycles. The molecule has 1 aliphatic rings. The number of hydrogen-bond donors (Lipinski definition) is 1. The Labute approximate surface area is 114 Å². The Morgan fingerprint density at radius 3 is 2.58 bits per heavy atom. The Kier molecular flexibility index (Phi) is 3.93. The van der Waals surface area contributed by atoms with Crippen molar-refractivity contribution in [3.8, 4) is 6.07 Å². The van der Waals surface area contributed by atoms with Crippen LogP contribution in [0.15, 0.2) is 24.3 Å². The van der Waals surface area contributed by atoms with Crippen LogP contribution >= 0.6 is 0 Å². The molecule has 0 amide bonds. The third-order valence-electron chi connectivity index (χ3n) is 3.59. The van der Waals surface area contributed by atoms with Gasteiger partial charge in [0.2, 0.25) is 10.0 Å². The van der Waals surface area contributed by atoms with Crippen LogP contribution in [0.3, 0.4) is 0 Å². The van der Waals surface area contributed by atoms with E-state index in [0.29, 0.717) is 11.1 Å². The number of nitrogens with one attached hydrogen (secondary N) is 1. The van der Waals surface area contributed by atoms with Crippen LogP contribution in [0.4, 0.5) is 0 Å². The van der Waals surface area contributed by atoms with Crippen LogP contribution in [-0.2, 0) is 15.8 Å². The topological polar surface area (TPSA) is 70.0 Å². The summed E-state index contributed by atoms with van der Waals surface area (Å²) in [4.78, 5) is 0. The van der Waals surface area contributed by atoms with Crippen LogP contribution in [0.2, 0.25) is 0 Å². The fourth-order valence-electron chi connectivity index (χ4n) is 2.63. The molecule has 0 saturated heterocycles. The van der Waals surface area contributed by atoms with E-state index in [-0.39, 0.29) is 11.3 Å². The lowest BCUT2D eigenvalue weighted by Crippen LogP contribution is -2.44.